The molecule has 1 heterocycles. The van der Waals surface area contributed by atoms with Crippen LogP contribution in [0.4, 0.5) is 5.69 Å². The Hall–Kier alpha value is -1.06. The van der Waals surface area contributed by atoms with Gasteiger partial charge in [-0.25, -0.2) is 0 Å². The number of nitrogens with zero attached hydrogens (tertiary/aromatic N) is 1. The molecule has 3 heteroatoms. The van der Waals surface area contributed by atoms with E-state index in [1.807, 2.05) is 18.2 Å². The summed E-state index contributed by atoms with van der Waals surface area (Å²) in [6, 6.07) is 8.68. The Morgan fingerprint density at radius 1 is 1.56 bits per heavy atom. The van der Waals surface area contributed by atoms with E-state index in [1.165, 1.54) is 12.0 Å². The monoisotopic (exact) mass is 220 g/mol. The van der Waals surface area contributed by atoms with Crippen molar-refractivity contribution in [2.45, 2.75) is 31.8 Å². The zero-order valence-electron chi connectivity index (χ0n) is 9.76. The van der Waals surface area contributed by atoms with Crippen LogP contribution < -0.4 is 5.73 Å². The van der Waals surface area contributed by atoms with Crippen molar-refractivity contribution in [3.63, 3.8) is 0 Å². The fourth-order valence-corrected chi connectivity index (χ4v) is 2.57. The Morgan fingerprint density at radius 3 is 3.06 bits per heavy atom. The van der Waals surface area contributed by atoms with Gasteiger partial charge in [-0.15, -0.1) is 0 Å². The second kappa shape index (κ2) is 4.85. The molecule has 3 N–H and O–H groups in total. The summed E-state index contributed by atoms with van der Waals surface area (Å²) in [4.78, 5) is 2.37. The van der Waals surface area contributed by atoms with Gasteiger partial charge in [0.2, 0.25) is 0 Å². The molecule has 1 fully saturated rings. The van der Waals surface area contributed by atoms with E-state index in [9.17, 15) is 5.11 Å². The smallest absolute Gasteiger partial charge is 0.0587 e. The Morgan fingerprint density at radius 2 is 2.38 bits per heavy atom. The highest BCUT2D eigenvalue weighted by atomic mass is 16.3. The van der Waals surface area contributed by atoms with E-state index in [2.05, 4.69) is 17.9 Å². The average molecular weight is 220 g/mol. The van der Waals surface area contributed by atoms with E-state index in [1.54, 1.807) is 0 Å². The molecule has 2 rings (SSSR count). The first kappa shape index (κ1) is 11.4. The lowest BCUT2D eigenvalue weighted by Gasteiger charge is -2.30. The molecule has 2 unspecified atom stereocenters. The van der Waals surface area contributed by atoms with Crippen molar-refractivity contribution >= 4 is 5.69 Å². The third kappa shape index (κ3) is 2.20. The zero-order valence-corrected chi connectivity index (χ0v) is 9.76. The van der Waals surface area contributed by atoms with Crippen LogP contribution in [0.2, 0.25) is 0 Å². The number of nitrogens with two attached hydrogens (primary N) is 1. The maximum absolute atomic E-state index is 9.32. The number of likely N-dealkylation sites (tertiary alicyclic amines) is 1. The average Bonchev–Trinajstić information content (AvgIpc) is 2.76. The first-order valence-corrected chi connectivity index (χ1v) is 5.94. The second-order valence-corrected chi connectivity index (χ2v) is 4.56. The minimum Gasteiger partial charge on any atom is -0.399 e. The van der Waals surface area contributed by atoms with Crippen LogP contribution in [0.1, 0.15) is 31.4 Å². The molecule has 0 aliphatic carbocycles. The van der Waals surface area contributed by atoms with Gasteiger partial charge in [0.15, 0.2) is 0 Å². The molecule has 0 saturated carbocycles. The normalized spacial score (nSPS) is 23.5. The molecule has 1 aromatic rings. The lowest BCUT2D eigenvalue weighted by Crippen LogP contribution is -2.34. The summed E-state index contributed by atoms with van der Waals surface area (Å²) >= 11 is 0. The van der Waals surface area contributed by atoms with Gasteiger partial charge in [-0.2, -0.15) is 0 Å². The molecule has 16 heavy (non-hydrogen) atoms. The van der Waals surface area contributed by atoms with Crippen molar-refractivity contribution < 1.29 is 5.11 Å². The summed E-state index contributed by atoms with van der Waals surface area (Å²) in [6.45, 7) is 3.51. The summed E-state index contributed by atoms with van der Waals surface area (Å²) in [5.74, 6) is 0. The summed E-state index contributed by atoms with van der Waals surface area (Å²) in [7, 11) is 0. The SMILES string of the molecule is CC(c1cccc(N)c1)N1CCCC1CO. The molecule has 1 saturated heterocycles. The van der Waals surface area contributed by atoms with Gasteiger partial charge in [-0.3, -0.25) is 4.90 Å². The van der Waals surface area contributed by atoms with Crippen molar-refractivity contribution in [2.24, 2.45) is 0 Å². The molecule has 0 amide bonds. The van der Waals surface area contributed by atoms with Gasteiger partial charge in [-0.1, -0.05) is 12.1 Å². The Labute approximate surface area is 96.9 Å². The maximum atomic E-state index is 9.32. The van der Waals surface area contributed by atoms with E-state index in [4.69, 9.17) is 5.73 Å². The minimum absolute atomic E-state index is 0.257. The summed E-state index contributed by atoms with van der Waals surface area (Å²) in [5, 5.41) is 9.32. The predicted octanol–water partition coefficient (Wildman–Crippen LogP) is 1.79. The molecule has 1 aromatic carbocycles. The van der Waals surface area contributed by atoms with Crippen LogP contribution in [0.5, 0.6) is 0 Å². The van der Waals surface area contributed by atoms with Crippen molar-refractivity contribution in [3.05, 3.63) is 29.8 Å². The van der Waals surface area contributed by atoms with Gasteiger partial charge in [0.05, 0.1) is 6.61 Å². The molecule has 0 bridgehead atoms. The van der Waals surface area contributed by atoms with Crippen LogP contribution in [0, 0.1) is 0 Å². The number of aliphatic hydroxyl groups is 1. The van der Waals surface area contributed by atoms with Crippen LogP contribution in [-0.2, 0) is 0 Å². The van der Waals surface area contributed by atoms with Gasteiger partial charge in [0, 0.05) is 17.8 Å². The van der Waals surface area contributed by atoms with Crippen molar-refractivity contribution in [2.75, 3.05) is 18.9 Å². The third-order valence-electron chi connectivity index (χ3n) is 3.52. The van der Waals surface area contributed by atoms with Gasteiger partial charge >= 0.3 is 0 Å². The number of anilines is 1. The molecule has 2 atom stereocenters. The molecule has 88 valence electrons. The minimum atomic E-state index is 0.257. The van der Waals surface area contributed by atoms with Crippen molar-refractivity contribution in [1.82, 2.24) is 4.90 Å². The van der Waals surface area contributed by atoms with E-state index in [0.717, 1.165) is 18.7 Å². The quantitative estimate of drug-likeness (QED) is 0.763. The summed E-state index contributed by atoms with van der Waals surface area (Å²) < 4.78 is 0. The van der Waals surface area contributed by atoms with E-state index in [0.29, 0.717) is 12.1 Å². The molecular formula is C13H20N2O. The van der Waals surface area contributed by atoms with Crippen LogP contribution in [0.25, 0.3) is 0 Å². The predicted molar refractivity (Wildman–Crippen MR) is 66.1 cm³/mol. The first-order chi connectivity index (χ1) is 7.72. The number of rotatable bonds is 3. The molecule has 0 aromatic heterocycles. The van der Waals surface area contributed by atoms with Crippen LogP contribution in [0.15, 0.2) is 24.3 Å². The van der Waals surface area contributed by atoms with Crippen molar-refractivity contribution in [1.29, 1.82) is 0 Å². The standard InChI is InChI=1S/C13H20N2O/c1-10(11-4-2-5-12(14)8-11)15-7-3-6-13(15)9-16/h2,4-5,8,10,13,16H,3,6-7,9,14H2,1H3. The van der Waals surface area contributed by atoms with Gasteiger partial charge < -0.3 is 10.8 Å². The third-order valence-corrected chi connectivity index (χ3v) is 3.52. The van der Waals surface area contributed by atoms with Crippen LogP contribution in [0.3, 0.4) is 0 Å². The van der Waals surface area contributed by atoms with Crippen LogP contribution >= 0.6 is 0 Å². The summed E-state index contributed by atoms with van der Waals surface area (Å²) in [5.41, 5.74) is 7.84. The van der Waals surface area contributed by atoms with E-state index >= 15 is 0 Å². The second-order valence-electron chi connectivity index (χ2n) is 4.56. The zero-order chi connectivity index (χ0) is 11.5. The van der Waals surface area contributed by atoms with Crippen LogP contribution in [-0.4, -0.2) is 29.2 Å². The molecule has 1 aliphatic heterocycles. The number of aliphatic hydroxyl groups excluding tert-OH is 1. The van der Waals surface area contributed by atoms with Gasteiger partial charge in [0.25, 0.3) is 0 Å². The fraction of sp³-hybridized carbons (Fsp3) is 0.538. The van der Waals surface area contributed by atoms with Crippen molar-refractivity contribution in [3.8, 4) is 0 Å². The highest BCUT2D eigenvalue weighted by Crippen LogP contribution is 2.29. The van der Waals surface area contributed by atoms with Gasteiger partial charge in [-0.05, 0) is 44.0 Å². The maximum Gasteiger partial charge on any atom is 0.0587 e. The van der Waals surface area contributed by atoms with Gasteiger partial charge in [0.1, 0.15) is 0 Å². The van der Waals surface area contributed by atoms with E-state index < -0.39 is 0 Å². The number of benzene rings is 1. The number of nitrogen functional groups attached to an aromatic ring is 1. The Kier molecular flexibility index (Phi) is 3.46. The Bertz CT molecular complexity index is 354. The summed E-state index contributed by atoms with van der Waals surface area (Å²) in [6.07, 6.45) is 2.28. The largest absolute Gasteiger partial charge is 0.399 e. The number of hydrogen-bond donors (Lipinski definition) is 2. The Balaban J connectivity index is 2.15. The molecule has 0 radical (unpaired) electrons. The molecule has 3 nitrogen and oxygen atoms in total. The highest BCUT2D eigenvalue weighted by molar-refractivity contribution is 5.41. The molecular weight excluding hydrogens is 200 g/mol. The first-order valence-electron chi connectivity index (χ1n) is 5.94. The van der Waals surface area contributed by atoms with E-state index in [-0.39, 0.29) is 6.61 Å². The molecule has 0 spiro atoms. The lowest BCUT2D eigenvalue weighted by molar-refractivity contribution is 0.126. The molecule has 1 aliphatic rings. The number of hydrogen-bond acceptors (Lipinski definition) is 3. The topological polar surface area (TPSA) is 49.5 Å². The fourth-order valence-electron chi connectivity index (χ4n) is 2.57. The highest BCUT2D eigenvalue weighted by Gasteiger charge is 2.28. The lowest BCUT2D eigenvalue weighted by atomic mass is 10.1.